The number of benzene rings is 1. The predicted octanol–water partition coefficient (Wildman–Crippen LogP) is 3.38. The molecule has 1 aromatic rings. The molecule has 0 spiro atoms. The fraction of sp³-hybridized carbons (Fsp3) is 0.500. The van der Waals surface area contributed by atoms with Crippen molar-refractivity contribution in [3.05, 3.63) is 29.6 Å². The van der Waals surface area contributed by atoms with E-state index in [9.17, 15) is 9.18 Å². The van der Waals surface area contributed by atoms with Crippen molar-refractivity contribution >= 4 is 5.78 Å². The van der Waals surface area contributed by atoms with Gasteiger partial charge < -0.3 is 4.74 Å². The summed E-state index contributed by atoms with van der Waals surface area (Å²) in [5.74, 6) is 0.00494. The van der Waals surface area contributed by atoms with Crippen LogP contribution in [0.25, 0.3) is 0 Å². The molecule has 1 atom stereocenters. The summed E-state index contributed by atoms with van der Waals surface area (Å²) in [6, 6.07) is 4.66. The largest absolute Gasteiger partial charge is 0.494 e. The first kappa shape index (κ1) is 13.7. The van der Waals surface area contributed by atoms with E-state index in [-0.39, 0.29) is 17.5 Å². The van der Waals surface area contributed by atoms with Crippen LogP contribution in [-0.2, 0) is 11.2 Å². The SMILES string of the molecule is CCCC(C)C(=O)Cc1ccc(OC)c(F)c1. The molecule has 0 aliphatic rings. The zero-order valence-electron chi connectivity index (χ0n) is 10.6. The number of Topliss-reactive ketones (excluding diaryl/α,β-unsaturated/α-hetero) is 1. The molecule has 0 saturated heterocycles. The molecule has 2 nitrogen and oxygen atoms in total. The molecule has 1 unspecified atom stereocenters. The number of halogens is 1. The topological polar surface area (TPSA) is 26.3 Å². The Bertz CT molecular complexity index is 388. The first-order valence-corrected chi connectivity index (χ1v) is 5.93. The summed E-state index contributed by atoms with van der Waals surface area (Å²) < 4.78 is 18.2. The zero-order valence-corrected chi connectivity index (χ0v) is 10.6. The summed E-state index contributed by atoms with van der Waals surface area (Å²) in [5, 5.41) is 0. The maximum absolute atomic E-state index is 13.4. The van der Waals surface area contributed by atoms with Crippen molar-refractivity contribution < 1.29 is 13.9 Å². The molecule has 0 fully saturated rings. The van der Waals surface area contributed by atoms with Crippen LogP contribution in [0.1, 0.15) is 32.3 Å². The number of methoxy groups -OCH3 is 1. The van der Waals surface area contributed by atoms with Crippen LogP contribution in [0.4, 0.5) is 4.39 Å². The number of rotatable bonds is 6. The van der Waals surface area contributed by atoms with Gasteiger partial charge in [-0.15, -0.1) is 0 Å². The van der Waals surface area contributed by atoms with E-state index in [4.69, 9.17) is 4.74 Å². The van der Waals surface area contributed by atoms with Crippen molar-refractivity contribution in [2.75, 3.05) is 7.11 Å². The van der Waals surface area contributed by atoms with E-state index in [1.54, 1.807) is 12.1 Å². The van der Waals surface area contributed by atoms with Crippen molar-refractivity contribution in [1.82, 2.24) is 0 Å². The van der Waals surface area contributed by atoms with Crippen molar-refractivity contribution in [2.45, 2.75) is 33.1 Å². The van der Waals surface area contributed by atoms with E-state index in [1.165, 1.54) is 13.2 Å². The maximum atomic E-state index is 13.4. The molecular weight excluding hydrogens is 219 g/mol. The van der Waals surface area contributed by atoms with Gasteiger partial charge >= 0.3 is 0 Å². The Kier molecular flexibility index (Phi) is 5.13. The molecule has 94 valence electrons. The van der Waals surface area contributed by atoms with Gasteiger partial charge in [0.15, 0.2) is 11.6 Å². The van der Waals surface area contributed by atoms with Crippen LogP contribution in [0.5, 0.6) is 5.75 Å². The molecule has 0 heterocycles. The summed E-state index contributed by atoms with van der Waals surface area (Å²) in [5.41, 5.74) is 0.705. The van der Waals surface area contributed by atoms with Gasteiger partial charge in [-0.05, 0) is 24.1 Å². The summed E-state index contributed by atoms with van der Waals surface area (Å²) in [6.07, 6.45) is 2.17. The predicted molar refractivity (Wildman–Crippen MR) is 65.7 cm³/mol. The average Bonchev–Trinajstić information content (AvgIpc) is 2.29. The number of ether oxygens (including phenoxy) is 1. The fourth-order valence-corrected chi connectivity index (χ4v) is 1.79. The van der Waals surface area contributed by atoms with Gasteiger partial charge in [-0.25, -0.2) is 4.39 Å². The highest BCUT2D eigenvalue weighted by atomic mass is 19.1. The van der Waals surface area contributed by atoms with Gasteiger partial charge in [0.1, 0.15) is 5.78 Å². The third-order valence-corrected chi connectivity index (χ3v) is 2.87. The van der Waals surface area contributed by atoms with Gasteiger partial charge in [0.2, 0.25) is 0 Å². The first-order chi connectivity index (χ1) is 8.08. The van der Waals surface area contributed by atoms with Crippen LogP contribution in [0.2, 0.25) is 0 Å². The van der Waals surface area contributed by atoms with E-state index in [0.29, 0.717) is 12.0 Å². The second-order valence-electron chi connectivity index (χ2n) is 4.30. The molecular formula is C14H19FO2. The molecule has 0 aliphatic carbocycles. The lowest BCUT2D eigenvalue weighted by Gasteiger charge is -2.09. The quantitative estimate of drug-likeness (QED) is 0.759. The highest BCUT2D eigenvalue weighted by Gasteiger charge is 2.13. The Morgan fingerprint density at radius 1 is 1.47 bits per heavy atom. The summed E-state index contributed by atoms with van der Waals surface area (Å²) in [7, 11) is 1.42. The lowest BCUT2D eigenvalue weighted by atomic mass is 9.96. The lowest BCUT2D eigenvalue weighted by molar-refractivity contribution is -0.121. The van der Waals surface area contributed by atoms with Gasteiger partial charge in [0.25, 0.3) is 0 Å². The standard InChI is InChI=1S/C14H19FO2/c1-4-5-10(2)13(16)9-11-6-7-14(17-3)12(15)8-11/h6-8,10H,4-5,9H2,1-3H3. The number of carbonyl (C=O) groups excluding carboxylic acids is 1. The van der Waals surface area contributed by atoms with Crippen molar-refractivity contribution in [1.29, 1.82) is 0 Å². The molecule has 0 aromatic heterocycles. The second kappa shape index (κ2) is 6.38. The molecule has 3 heteroatoms. The molecule has 0 amide bonds. The monoisotopic (exact) mass is 238 g/mol. The van der Waals surface area contributed by atoms with Gasteiger partial charge in [-0.3, -0.25) is 4.79 Å². The van der Waals surface area contributed by atoms with E-state index in [0.717, 1.165) is 12.8 Å². The minimum Gasteiger partial charge on any atom is -0.494 e. The fourth-order valence-electron chi connectivity index (χ4n) is 1.79. The van der Waals surface area contributed by atoms with Crippen LogP contribution in [0.15, 0.2) is 18.2 Å². The molecule has 0 bridgehead atoms. The lowest BCUT2D eigenvalue weighted by Crippen LogP contribution is -2.13. The summed E-state index contributed by atoms with van der Waals surface area (Å²) in [6.45, 7) is 3.97. The van der Waals surface area contributed by atoms with Gasteiger partial charge in [-0.2, -0.15) is 0 Å². The van der Waals surface area contributed by atoms with Gasteiger partial charge in [0, 0.05) is 12.3 Å². The Hall–Kier alpha value is -1.38. The van der Waals surface area contributed by atoms with Crippen molar-refractivity contribution in [3.8, 4) is 5.75 Å². The molecule has 0 N–H and O–H groups in total. The van der Waals surface area contributed by atoms with Crippen LogP contribution in [0.3, 0.4) is 0 Å². The van der Waals surface area contributed by atoms with E-state index in [1.807, 2.05) is 6.92 Å². The minimum absolute atomic E-state index is 0.0464. The minimum atomic E-state index is -0.416. The number of hydrogen-bond acceptors (Lipinski definition) is 2. The summed E-state index contributed by atoms with van der Waals surface area (Å²) >= 11 is 0. The second-order valence-corrected chi connectivity index (χ2v) is 4.30. The van der Waals surface area contributed by atoms with Gasteiger partial charge in [0.05, 0.1) is 7.11 Å². The molecule has 1 rings (SSSR count). The van der Waals surface area contributed by atoms with Gasteiger partial charge in [-0.1, -0.05) is 26.3 Å². The molecule has 1 aromatic carbocycles. The van der Waals surface area contributed by atoms with Crippen molar-refractivity contribution in [3.63, 3.8) is 0 Å². The highest BCUT2D eigenvalue weighted by Crippen LogP contribution is 2.19. The maximum Gasteiger partial charge on any atom is 0.165 e. The van der Waals surface area contributed by atoms with E-state index >= 15 is 0 Å². The van der Waals surface area contributed by atoms with Crippen LogP contribution < -0.4 is 4.74 Å². The normalized spacial score (nSPS) is 12.2. The van der Waals surface area contributed by atoms with Crippen LogP contribution in [-0.4, -0.2) is 12.9 Å². The molecule has 0 radical (unpaired) electrons. The van der Waals surface area contributed by atoms with Crippen molar-refractivity contribution in [2.24, 2.45) is 5.92 Å². The Morgan fingerprint density at radius 2 is 2.18 bits per heavy atom. The number of carbonyl (C=O) groups is 1. The van der Waals surface area contributed by atoms with Crippen LogP contribution >= 0.6 is 0 Å². The third kappa shape index (κ3) is 3.84. The zero-order chi connectivity index (χ0) is 12.8. The van der Waals surface area contributed by atoms with E-state index in [2.05, 4.69) is 6.92 Å². The van der Waals surface area contributed by atoms with Crippen LogP contribution in [0, 0.1) is 11.7 Å². The molecule has 0 saturated carbocycles. The average molecular weight is 238 g/mol. The number of ketones is 1. The summed E-state index contributed by atoms with van der Waals surface area (Å²) in [4.78, 5) is 11.8. The molecule has 17 heavy (non-hydrogen) atoms. The highest BCUT2D eigenvalue weighted by molar-refractivity contribution is 5.82. The Labute approximate surface area is 102 Å². The first-order valence-electron chi connectivity index (χ1n) is 5.93. The third-order valence-electron chi connectivity index (χ3n) is 2.87. The number of hydrogen-bond donors (Lipinski definition) is 0. The molecule has 0 aliphatic heterocycles. The smallest absolute Gasteiger partial charge is 0.165 e. The Balaban J connectivity index is 2.69. The van der Waals surface area contributed by atoms with E-state index < -0.39 is 5.82 Å². The Morgan fingerprint density at radius 3 is 2.71 bits per heavy atom.